The molecule has 2 aromatic rings. The Morgan fingerprint density at radius 2 is 1.95 bits per heavy atom. The molecule has 20 heavy (non-hydrogen) atoms. The van der Waals surface area contributed by atoms with Gasteiger partial charge in [0.2, 0.25) is 0 Å². The summed E-state index contributed by atoms with van der Waals surface area (Å²) < 4.78 is 37.0. The maximum atomic E-state index is 12.3. The number of nitrogens with one attached hydrogen (secondary N) is 1. The minimum absolute atomic E-state index is 0.0161. The van der Waals surface area contributed by atoms with E-state index in [1.54, 1.807) is 0 Å². The fourth-order valence-corrected chi connectivity index (χ4v) is 1.42. The number of aromatic nitrogens is 2. The summed E-state index contributed by atoms with van der Waals surface area (Å²) in [6, 6.07) is 4.58. The number of nitrogens with zero attached hydrogens (tertiary/aromatic N) is 2. The average Bonchev–Trinajstić information content (AvgIpc) is 2.38. The maximum Gasteiger partial charge on any atom is 0.433 e. The zero-order valence-electron chi connectivity index (χ0n) is 9.85. The summed E-state index contributed by atoms with van der Waals surface area (Å²) in [5, 5.41) is 11.5. The van der Waals surface area contributed by atoms with Crippen LogP contribution < -0.4 is 5.32 Å². The highest BCUT2D eigenvalue weighted by Gasteiger charge is 2.31. The van der Waals surface area contributed by atoms with Gasteiger partial charge in [0.15, 0.2) is 0 Å². The zero-order chi connectivity index (χ0) is 14.8. The fourth-order valence-electron chi connectivity index (χ4n) is 1.42. The first-order valence-corrected chi connectivity index (χ1v) is 5.36. The number of aromatic carboxylic acids is 1. The first-order valence-electron chi connectivity index (χ1n) is 5.36. The second kappa shape index (κ2) is 5.16. The Morgan fingerprint density at radius 1 is 1.20 bits per heavy atom. The Kier molecular flexibility index (Phi) is 3.55. The fraction of sp³-hybridized carbons (Fsp3) is 0.0833. The number of rotatable bonds is 3. The van der Waals surface area contributed by atoms with Crippen molar-refractivity contribution in [2.45, 2.75) is 6.18 Å². The molecule has 2 aromatic heterocycles. The lowest BCUT2D eigenvalue weighted by atomic mass is 10.2. The molecule has 0 aliphatic heterocycles. The highest BCUT2D eigenvalue weighted by molar-refractivity contribution is 5.88. The quantitative estimate of drug-likeness (QED) is 0.905. The standard InChI is InChI=1S/C12H8F3N3O2/c13-12(14,15)9-2-1-8(6-17-9)18-10-5-7(11(19)20)3-4-16-10/h1-6H,(H,16,18)(H,19,20). The van der Waals surface area contributed by atoms with Crippen molar-refractivity contribution in [3.05, 3.63) is 47.9 Å². The van der Waals surface area contributed by atoms with Gasteiger partial charge in [0, 0.05) is 6.20 Å². The molecule has 0 bridgehead atoms. The third kappa shape index (κ3) is 3.22. The van der Waals surface area contributed by atoms with E-state index >= 15 is 0 Å². The normalized spacial score (nSPS) is 11.2. The molecular weight excluding hydrogens is 275 g/mol. The summed E-state index contributed by atoms with van der Waals surface area (Å²) in [6.45, 7) is 0. The van der Waals surface area contributed by atoms with Gasteiger partial charge < -0.3 is 10.4 Å². The molecule has 2 N–H and O–H groups in total. The molecule has 0 aliphatic rings. The molecule has 0 aliphatic carbocycles. The van der Waals surface area contributed by atoms with Gasteiger partial charge in [-0.3, -0.25) is 0 Å². The highest BCUT2D eigenvalue weighted by atomic mass is 19.4. The molecule has 104 valence electrons. The van der Waals surface area contributed by atoms with Crippen molar-refractivity contribution in [2.24, 2.45) is 0 Å². The number of carboxylic acids is 1. The number of carboxylic acid groups (broad SMARTS) is 1. The van der Waals surface area contributed by atoms with E-state index in [9.17, 15) is 18.0 Å². The van der Waals surface area contributed by atoms with E-state index in [-0.39, 0.29) is 17.1 Å². The molecule has 8 heteroatoms. The van der Waals surface area contributed by atoms with Crippen LogP contribution in [0.4, 0.5) is 24.7 Å². The van der Waals surface area contributed by atoms with Crippen LogP contribution in [0.2, 0.25) is 0 Å². The molecule has 0 saturated heterocycles. The van der Waals surface area contributed by atoms with Crippen LogP contribution in [0, 0.1) is 0 Å². The smallest absolute Gasteiger partial charge is 0.433 e. The van der Waals surface area contributed by atoms with Gasteiger partial charge in [-0.15, -0.1) is 0 Å². The second-order valence-electron chi connectivity index (χ2n) is 3.79. The van der Waals surface area contributed by atoms with Crippen molar-refractivity contribution >= 4 is 17.5 Å². The molecule has 2 heterocycles. The molecule has 0 radical (unpaired) electrons. The average molecular weight is 283 g/mol. The third-order valence-electron chi connectivity index (χ3n) is 2.33. The van der Waals surface area contributed by atoms with Gasteiger partial charge in [-0.05, 0) is 24.3 Å². The molecular formula is C12H8F3N3O2. The maximum absolute atomic E-state index is 12.3. The summed E-state index contributed by atoms with van der Waals surface area (Å²) in [5.41, 5.74) is -0.717. The predicted molar refractivity (Wildman–Crippen MR) is 63.7 cm³/mol. The van der Waals surface area contributed by atoms with E-state index in [0.717, 1.165) is 12.3 Å². The van der Waals surface area contributed by atoms with Crippen molar-refractivity contribution < 1.29 is 23.1 Å². The number of halogens is 3. The number of hydrogen-bond donors (Lipinski definition) is 2. The van der Waals surface area contributed by atoms with Crippen molar-refractivity contribution in [1.29, 1.82) is 0 Å². The summed E-state index contributed by atoms with van der Waals surface area (Å²) in [5.74, 6) is -0.924. The van der Waals surface area contributed by atoms with E-state index in [0.29, 0.717) is 0 Å². The van der Waals surface area contributed by atoms with Crippen molar-refractivity contribution in [3.8, 4) is 0 Å². The van der Waals surface area contributed by atoms with Gasteiger partial charge in [-0.25, -0.2) is 14.8 Å². The van der Waals surface area contributed by atoms with Gasteiger partial charge in [0.05, 0.1) is 17.4 Å². The van der Waals surface area contributed by atoms with E-state index < -0.39 is 17.8 Å². The Morgan fingerprint density at radius 3 is 2.50 bits per heavy atom. The molecule has 0 atom stereocenters. The van der Waals surface area contributed by atoms with Gasteiger partial charge in [-0.1, -0.05) is 0 Å². The molecule has 0 fully saturated rings. The van der Waals surface area contributed by atoms with Gasteiger partial charge in [0.25, 0.3) is 0 Å². The lowest BCUT2D eigenvalue weighted by molar-refractivity contribution is -0.141. The highest BCUT2D eigenvalue weighted by Crippen LogP contribution is 2.28. The third-order valence-corrected chi connectivity index (χ3v) is 2.33. The first-order chi connectivity index (χ1) is 9.36. The predicted octanol–water partition coefficient (Wildman–Crippen LogP) is 2.94. The van der Waals surface area contributed by atoms with Crippen molar-refractivity contribution in [1.82, 2.24) is 9.97 Å². The van der Waals surface area contributed by atoms with Crippen LogP contribution in [0.1, 0.15) is 16.1 Å². The van der Waals surface area contributed by atoms with E-state index in [2.05, 4.69) is 15.3 Å². The van der Waals surface area contributed by atoms with Crippen LogP contribution in [0.5, 0.6) is 0 Å². The molecule has 0 saturated carbocycles. The van der Waals surface area contributed by atoms with Crippen molar-refractivity contribution in [3.63, 3.8) is 0 Å². The Bertz CT molecular complexity index is 627. The second-order valence-corrected chi connectivity index (χ2v) is 3.79. The SMILES string of the molecule is O=C(O)c1ccnc(Nc2ccc(C(F)(F)F)nc2)c1. The molecule has 5 nitrogen and oxygen atoms in total. The molecule has 0 spiro atoms. The molecule has 0 aromatic carbocycles. The number of hydrogen-bond acceptors (Lipinski definition) is 4. The van der Waals surface area contributed by atoms with Crippen LogP contribution in [0.3, 0.4) is 0 Å². The lowest BCUT2D eigenvalue weighted by Crippen LogP contribution is -2.07. The van der Waals surface area contributed by atoms with Crippen LogP contribution in [-0.2, 0) is 6.18 Å². The Labute approximate surface area is 111 Å². The number of anilines is 2. The molecule has 2 rings (SSSR count). The van der Waals surface area contributed by atoms with Crippen LogP contribution in [0.25, 0.3) is 0 Å². The van der Waals surface area contributed by atoms with Crippen LogP contribution >= 0.6 is 0 Å². The Balaban J connectivity index is 2.18. The summed E-state index contributed by atoms with van der Waals surface area (Å²) in [7, 11) is 0. The van der Waals surface area contributed by atoms with E-state index in [1.807, 2.05) is 0 Å². The van der Waals surface area contributed by atoms with Crippen LogP contribution in [0.15, 0.2) is 36.7 Å². The van der Waals surface area contributed by atoms with E-state index in [4.69, 9.17) is 5.11 Å². The zero-order valence-corrected chi connectivity index (χ0v) is 9.85. The number of pyridine rings is 2. The minimum Gasteiger partial charge on any atom is -0.478 e. The number of alkyl halides is 3. The topological polar surface area (TPSA) is 75.1 Å². The summed E-state index contributed by atoms with van der Waals surface area (Å²) in [4.78, 5) is 17.9. The van der Waals surface area contributed by atoms with Crippen molar-refractivity contribution in [2.75, 3.05) is 5.32 Å². The molecule has 0 amide bonds. The largest absolute Gasteiger partial charge is 0.478 e. The van der Waals surface area contributed by atoms with E-state index in [1.165, 1.54) is 24.4 Å². The summed E-state index contributed by atoms with van der Waals surface area (Å²) >= 11 is 0. The van der Waals surface area contributed by atoms with Gasteiger partial charge >= 0.3 is 12.1 Å². The summed E-state index contributed by atoms with van der Waals surface area (Å²) in [6.07, 6.45) is -2.22. The first kappa shape index (κ1) is 13.8. The number of carbonyl (C=O) groups is 1. The van der Waals surface area contributed by atoms with Gasteiger partial charge in [0.1, 0.15) is 11.5 Å². The lowest BCUT2D eigenvalue weighted by Gasteiger charge is -2.08. The minimum atomic E-state index is -4.50. The Hall–Kier alpha value is -2.64. The van der Waals surface area contributed by atoms with Crippen LogP contribution in [-0.4, -0.2) is 21.0 Å². The monoisotopic (exact) mass is 283 g/mol. The van der Waals surface area contributed by atoms with Gasteiger partial charge in [-0.2, -0.15) is 13.2 Å². The molecule has 0 unspecified atom stereocenters.